The van der Waals surface area contributed by atoms with Crippen LogP contribution in [-0.2, 0) is 0 Å². The van der Waals surface area contributed by atoms with Gasteiger partial charge in [0.2, 0.25) is 0 Å². The van der Waals surface area contributed by atoms with Crippen LogP contribution in [0.25, 0.3) is 0 Å². The molecule has 1 aliphatic carbocycles. The molecular formula is C28H32NOP. The molecule has 1 fully saturated rings. The molecule has 31 heavy (non-hydrogen) atoms. The Morgan fingerprint density at radius 3 is 2.00 bits per heavy atom. The van der Waals surface area contributed by atoms with Crippen LogP contribution < -0.4 is 15.9 Å². The molecule has 0 saturated heterocycles. The molecule has 1 saturated carbocycles. The van der Waals surface area contributed by atoms with Crippen LogP contribution in [-0.4, -0.2) is 24.0 Å². The monoisotopic (exact) mass is 429 g/mol. The summed E-state index contributed by atoms with van der Waals surface area (Å²) in [6.45, 7) is 0.126. The Balaban J connectivity index is 1.63. The zero-order chi connectivity index (χ0) is 21.3. The molecule has 3 aromatic carbocycles. The van der Waals surface area contributed by atoms with Gasteiger partial charge in [0.1, 0.15) is 0 Å². The van der Waals surface area contributed by atoms with Crippen LogP contribution in [0.1, 0.15) is 44.1 Å². The Hall–Kier alpha value is -2.28. The van der Waals surface area contributed by atoms with Crippen molar-refractivity contribution in [2.24, 2.45) is 10.9 Å². The highest BCUT2D eigenvalue weighted by Gasteiger charge is 2.20. The number of aliphatic hydroxyl groups is 1. The van der Waals surface area contributed by atoms with Crippen molar-refractivity contribution in [1.29, 1.82) is 0 Å². The molecule has 0 spiro atoms. The standard InChI is InChI=1S/C28H32NOP/c30-22-25(20-23-12-4-1-5-13-23)29-21-24-14-10-11-19-28(24)31(26-15-6-2-7-16-26)27-17-8-3-9-18-27/h2-3,6-11,14-19,21,23,25,30H,1,4-5,12-13,20,22H2. The lowest BCUT2D eigenvalue weighted by molar-refractivity contribution is 0.229. The smallest absolute Gasteiger partial charge is 0.0733 e. The third-order valence-corrected chi connectivity index (χ3v) is 8.69. The van der Waals surface area contributed by atoms with E-state index in [1.54, 1.807) is 0 Å². The molecule has 2 nitrogen and oxygen atoms in total. The van der Waals surface area contributed by atoms with Crippen LogP contribution in [0, 0.1) is 5.92 Å². The summed E-state index contributed by atoms with van der Waals surface area (Å²) in [6.07, 6.45) is 9.61. The molecule has 0 bridgehead atoms. The SMILES string of the molecule is OCC(CC1CCCCC1)N=Cc1ccccc1P(c1ccccc1)c1ccccc1. The summed E-state index contributed by atoms with van der Waals surface area (Å²) in [5.74, 6) is 0.712. The fraction of sp³-hybridized carbons (Fsp3) is 0.321. The summed E-state index contributed by atoms with van der Waals surface area (Å²) in [5.41, 5.74) is 1.16. The molecule has 0 aromatic heterocycles. The van der Waals surface area contributed by atoms with Gasteiger partial charge in [-0.1, -0.05) is 117 Å². The van der Waals surface area contributed by atoms with E-state index >= 15 is 0 Å². The maximum Gasteiger partial charge on any atom is 0.0733 e. The number of hydrogen-bond acceptors (Lipinski definition) is 2. The first kappa shape index (κ1) is 21.9. The van der Waals surface area contributed by atoms with Crippen molar-refractivity contribution in [1.82, 2.24) is 0 Å². The van der Waals surface area contributed by atoms with E-state index in [1.807, 2.05) is 6.21 Å². The molecule has 1 N–H and O–H groups in total. The molecule has 3 heteroatoms. The Morgan fingerprint density at radius 2 is 1.39 bits per heavy atom. The number of hydrogen-bond donors (Lipinski definition) is 1. The van der Waals surface area contributed by atoms with Gasteiger partial charge in [0.05, 0.1) is 12.6 Å². The Morgan fingerprint density at radius 1 is 0.806 bits per heavy atom. The van der Waals surface area contributed by atoms with Gasteiger partial charge in [-0.3, -0.25) is 4.99 Å². The van der Waals surface area contributed by atoms with E-state index in [0.29, 0.717) is 5.92 Å². The number of nitrogens with zero attached hydrogens (tertiary/aromatic N) is 1. The van der Waals surface area contributed by atoms with Crippen LogP contribution in [0.3, 0.4) is 0 Å². The minimum absolute atomic E-state index is 0.00386. The van der Waals surface area contributed by atoms with Crippen LogP contribution in [0.5, 0.6) is 0 Å². The normalized spacial score (nSPS) is 16.1. The fourth-order valence-electron chi connectivity index (χ4n) is 4.56. The van der Waals surface area contributed by atoms with Crippen LogP contribution in [0.4, 0.5) is 0 Å². The predicted octanol–water partition coefficient (Wildman–Crippen LogP) is 5.20. The molecule has 3 aromatic rings. The predicted molar refractivity (Wildman–Crippen MR) is 135 cm³/mol. The zero-order valence-corrected chi connectivity index (χ0v) is 19.0. The maximum absolute atomic E-state index is 9.96. The van der Waals surface area contributed by atoms with Gasteiger partial charge < -0.3 is 5.11 Å². The summed E-state index contributed by atoms with van der Waals surface area (Å²) in [4.78, 5) is 4.87. The van der Waals surface area contributed by atoms with Gasteiger partial charge in [-0.15, -0.1) is 0 Å². The van der Waals surface area contributed by atoms with E-state index in [0.717, 1.165) is 12.0 Å². The molecule has 0 heterocycles. The molecular weight excluding hydrogens is 397 g/mol. The Kier molecular flexibility index (Phi) is 8.04. The van der Waals surface area contributed by atoms with E-state index < -0.39 is 7.92 Å². The number of aliphatic hydroxyl groups excluding tert-OH is 1. The Labute approximate surface area is 187 Å². The number of aliphatic imine (C=N–C) groups is 1. The van der Waals surface area contributed by atoms with Crippen molar-refractivity contribution in [2.45, 2.75) is 44.6 Å². The van der Waals surface area contributed by atoms with Crippen molar-refractivity contribution in [3.63, 3.8) is 0 Å². The lowest BCUT2D eigenvalue weighted by atomic mass is 9.85. The topological polar surface area (TPSA) is 32.6 Å². The first-order chi connectivity index (χ1) is 15.3. The minimum Gasteiger partial charge on any atom is -0.394 e. The summed E-state index contributed by atoms with van der Waals surface area (Å²) < 4.78 is 0. The number of rotatable bonds is 8. The highest BCUT2D eigenvalue weighted by Crippen LogP contribution is 2.34. The van der Waals surface area contributed by atoms with E-state index in [1.165, 1.54) is 48.0 Å². The fourth-order valence-corrected chi connectivity index (χ4v) is 6.98. The van der Waals surface area contributed by atoms with E-state index in [2.05, 4.69) is 84.9 Å². The second kappa shape index (κ2) is 11.4. The quantitative estimate of drug-likeness (QED) is 0.388. The van der Waals surface area contributed by atoms with Gasteiger partial charge in [0.15, 0.2) is 0 Å². The van der Waals surface area contributed by atoms with Crippen molar-refractivity contribution < 1.29 is 5.11 Å². The first-order valence-corrected chi connectivity index (χ1v) is 12.8. The molecule has 0 aliphatic heterocycles. The van der Waals surface area contributed by atoms with Crippen molar-refractivity contribution in [2.75, 3.05) is 6.61 Å². The van der Waals surface area contributed by atoms with Crippen LogP contribution in [0.2, 0.25) is 0 Å². The van der Waals surface area contributed by atoms with E-state index in [9.17, 15) is 5.11 Å². The van der Waals surface area contributed by atoms with Gasteiger partial charge in [-0.05, 0) is 36.2 Å². The second-order valence-electron chi connectivity index (χ2n) is 8.42. The Bertz CT molecular complexity index is 912. The summed E-state index contributed by atoms with van der Waals surface area (Å²) in [6, 6.07) is 30.2. The van der Waals surface area contributed by atoms with E-state index in [-0.39, 0.29) is 12.6 Å². The van der Waals surface area contributed by atoms with Crippen molar-refractivity contribution >= 4 is 30.0 Å². The van der Waals surface area contributed by atoms with Gasteiger partial charge >= 0.3 is 0 Å². The molecule has 0 amide bonds. The molecule has 1 unspecified atom stereocenters. The van der Waals surface area contributed by atoms with Crippen LogP contribution >= 0.6 is 7.92 Å². The van der Waals surface area contributed by atoms with Crippen molar-refractivity contribution in [3.05, 3.63) is 90.5 Å². The molecule has 1 aliphatic rings. The van der Waals surface area contributed by atoms with Gasteiger partial charge in [0.25, 0.3) is 0 Å². The first-order valence-electron chi connectivity index (χ1n) is 11.5. The lowest BCUT2D eigenvalue weighted by Gasteiger charge is -2.24. The minimum atomic E-state index is -0.672. The largest absolute Gasteiger partial charge is 0.394 e. The maximum atomic E-state index is 9.96. The highest BCUT2D eigenvalue weighted by molar-refractivity contribution is 7.80. The lowest BCUT2D eigenvalue weighted by Crippen LogP contribution is -2.23. The number of benzene rings is 3. The average molecular weight is 430 g/mol. The highest BCUT2D eigenvalue weighted by atomic mass is 31.1. The average Bonchev–Trinajstić information content (AvgIpc) is 2.85. The summed E-state index contributed by atoms with van der Waals surface area (Å²) >= 11 is 0. The van der Waals surface area contributed by atoms with Gasteiger partial charge in [0, 0.05) is 11.8 Å². The van der Waals surface area contributed by atoms with Gasteiger partial charge in [-0.25, -0.2) is 0 Å². The van der Waals surface area contributed by atoms with Gasteiger partial charge in [-0.2, -0.15) is 0 Å². The summed E-state index contributed by atoms with van der Waals surface area (Å²) in [7, 11) is -0.672. The second-order valence-corrected chi connectivity index (χ2v) is 10.6. The molecule has 4 rings (SSSR count). The molecule has 0 radical (unpaired) electrons. The third-order valence-electron chi connectivity index (χ3n) is 6.17. The van der Waals surface area contributed by atoms with E-state index in [4.69, 9.17) is 4.99 Å². The molecule has 160 valence electrons. The molecule has 1 atom stereocenters. The zero-order valence-electron chi connectivity index (χ0n) is 18.1. The third kappa shape index (κ3) is 5.91. The van der Waals surface area contributed by atoms with Crippen molar-refractivity contribution in [3.8, 4) is 0 Å². The van der Waals surface area contributed by atoms with Crippen LogP contribution in [0.15, 0.2) is 89.9 Å². The summed E-state index contributed by atoms with van der Waals surface area (Å²) in [5, 5.41) is 13.9.